The number of benzene rings is 1. The van der Waals surface area contributed by atoms with Crippen molar-refractivity contribution in [1.82, 2.24) is 5.32 Å². The molecule has 2 N–H and O–H groups in total. The Labute approximate surface area is 138 Å². The molecule has 0 aliphatic carbocycles. The molecule has 1 aromatic heterocycles. The minimum atomic E-state index is -1.10. The third-order valence-electron chi connectivity index (χ3n) is 3.60. The number of aliphatic carboxylic acids is 1. The Balaban J connectivity index is 2.33. The number of carboxylic acids is 1. The smallest absolute Gasteiger partial charge is 0.349 e. The third-order valence-corrected chi connectivity index (χ3v) is 3.60. The van der Waals surface area contributed by atoms with Gasteiger partial charge < -0.3 is 19.6 Å². The topological polar surface area (TPSA) is 106 Å². The Morgan fingerprint density at radius 3 is 2.62 bits per heavy atom. The van der Waals surface area contributed by atoms with Crippen LogP contribution in [0.15, 0.2) is 33.5 Å². The molecule has 0 fully saturated rings. The second kappa shape index (κ2) is 7.16. The Morgan fingerprint density at radius 2 is 2.00 bits per heavy atom. The number of carbonyl (C=O) groups excluding carboxylic acids is 1. The predicted octanol–water partition coefficient (Wildman–Crippen LogP) is 2.17. The highest BCUT2D eigenvalue weighted by molar-refractivity contribution is 5.96. The van der Waals surface area contributed by atoms with E-state index in [1.165, 1.54) is 19.1 Å². The molecule has 128 valence electrons. The van der Waals surface area contributed by atoms with Crippen LogP contribution < -0.4 is 15.7 Å². The van der Waals surface area contributed by atoms with E-state index in [-0.39, 0.29) is 22.9 Å². The molecule has 2 atom stereocenters. The average Bonchev–Trinajstić information content (AvgIpc) is 2.53. The fourth-order valence-corrected chi connectivity index (χ4v) is 1.98. The maximum Gasteiger partial charge on any atom is 0.349 e. The van der Waals surface area contributed by atoms with Crippen LogP contribution in [0, 0.1) is 0 Å². The summed E-state index contributed by atoms with van der Waals surface area (Å²) in [5.74, 6) is -1.33. The number of fused-ring (bicyclic) bond motifs is 1. The maximum absolute atomic E-state index is 12.1. The molecule has 1 heterocycles. The second-order valence-electron chi connectivity index (χ2n) is 5.53. The van der Waals surface area contributed by atoms with Crippen LogP contribution in [0.1, 0.15) is 37.6 Å². The molecule has 2 rings (SSSR count). The minimum absolute atomic E-state index is 0.0547. The van der Waals surface area contributed by atoms with Crippen molar-refractivity contribution in [2.45, 2.75) is 39.3 Å². The Morgan fingerprint density at radius 1 is 1.29 bits per heavy atom. The first kappa shape index (κ1) is 17.5. The molecule has 0 radical (unpaired) electrons. The number of nitrogens with one attached hydrogen (secondary N) is 1. The van der Waals surface area contributed by atoms with Gasteiger partial charge in [0.15, 0.2) is 6.10 Å². The van der Waals surface area contributed by atoms with Gasteiger partial charge in [-0.25, -0.2) is 9.59 Å². The largest absolute Gasteiger partial charge is 0.479 e. The number of hydrogen-bond acceptors (Lipinski definition) is 5. The number of hydrogen-bond donors (Lipinski definition) is 2. The zero-order chi connectivity index (χ0) is 17.9. The van der Waals surface area contributed by atoms with Gasteiger partial charge in [0.1, 0.15) is 16.9 Å². The van der Waals surface area contributed by atoms with Crippen molar-refractivity contribution in [3.05, 3.63) is 40.2 Å². The number of ether oxygens (including phenoxy) is 1. The van der Waals surface area contributed by atoms with Crippen molar-refractivity contribution in [2.24, 2.45) is 0 Å². The summed E-state index contributed by atoms with van der Waals surface area (Å²) in [6, 6.07) is 5.97. The molecule has 7 heteroatoms. The number of carbonyl (C=O) groups is 2. The lowest BCUT2D eigenvalue weighted by atomic mass is 10.1. The summed E-state index contributed by atoms with van der Waals surface area (Å²) in [6.07, 6.45) is -0.289. The van der Waals surface area contributed by atoms with Gasteiger partial charge in [-0.2, -0.15) is 0 Å². The van der Waals surface area contributed by atoms with E-state index < -0.39 is 23.6 Å². The summed E-state index contributed by atoms with van der Waals surface area (Å²) in [4.78, 5) is 34.9. The van der Waals surface area contributed by atoms with E-state index in [1.807, 2.05) is 13.8 Å². The normalized spacial score (nSPS) is 13.3. The summed E-state index contributed by atoms with van der Waals surface area (Å²) in [7, 11) is 0. The van der Waals surface area contributed by atoms with Gasteiger partial charge in [-0.15, -0.1) is 0 Å². The quantitative estimate of drug-likeness (QED) is 0.785. The van der Waals surface area contributed by atoms with Crippen molar-refractivity contribution in [3.8, 4) is 5.75 Å². The molecule has 1 aromatic carbocycles. The lowest BCUT2D eigenvalue weighted by molar-refractivity contribution is -0.144. The molecule has 0 aliphatic rings. The molecule has 1 amide bonds. The van der Waals surface area contributed by atoms with E-state index >= 15 is 0 Å². The molecule has 0 aliphatic heterocycles. The van der Waals surface area contributed by atoms with E-state index in [0.717, 1.165) is 6.42 Å². The van der Waals surface area contributed by atoms with Crippen LogP contribution in [0.5, 0.6) is 5.75 Å². The van der Waals surface area contributed by atoms with Crippen molar-refractivity contribution >= 4 is 22.8 Å². The van der Waals surface area contributed by atoms with E-state index in [9.17, 15) is 14.4 Å². The standard InChI is InChI=1S/C17H19NO6/c1-4-9(2)18-15(19)13-7-11-5-6-12(23-10(3)16(20)21)8-14(11)24-17(13)22/h5-10H,4H2,1-3H3,(H,18,19)(H,20,21). The number of rotatable bonds is 6. The Kier molecular flexibility index (Phi) is 5.23. The van der Waals surface area contributed by atoms with Gasteiger partial charge in [-0.05, 0) is 38.5 Å². The van der Waals surface area contributed by atoms with Crippen molar-refractivity contribution < 1.29 is 23.8 Å². The molecule has 0 bridgehead atoms. The highest BCUT2D eigenvalue weighted by atomic mass is 16.5. The summed E-state index contributed by atoms with van der Waals surface area (Å²) in [6.45, 7) is 5.16. The summed E-state index contributed by atoms with van der Waals surface area (Å²) in [5.41, 5.74) is -0.614. The lowest BCUT2D eigenvalue weighted by Crippen LogP contribution is -2.34. The zero-order valence-corrected chi connectivity index (χ0v) is 13.7. The van der Waals surface area contributed by atoms with Crippen LogP contribution >= 0.6 is 0 Å². The van der Waals surface area contributed by atoms with Gasteiger partial charge in [0.2, 0.25) is 0 Å². The molecule has 2 unspecified atom stereocenters. The Hall–Kier alpha value is -2.83. The first-order valence-corrected chi connectivity index (χ1v) is 7.60. The average molecular weight is 333 g/mol. The Bertz CT molecular complexity index is 825. The van der Waals surface area contributed by atoms with Crippen LogP contribution in [-0.2, 0) is 4.79 Å². The minimum Gasteiger partial charge on any atom is -0.479 e. The number of amides is 1. The molecular formula is C17H19NO6. The molecule has 24 heavy (non-hydrogen) atoms. The second-order valence-corrected chi connectivity index (χ2v) is 5.53. The molecular weight excluding hydrogens is 314 g/mol. The van der Waals surface area contributed by atoms with Crippen molar-refractivity contribution in [2.75, 3.05) is 0 Å². The fourth-order valence-electron chi connectivity index (χ4n) is 1.98. The van der Waals surface area contributed by atoms with Crippen molar-refractivity contribution in [3.63, 3.8) is 0 Å². The van der Waals surface area contributed by atoms with E-state index in [2.05, 4.69) is 5.32 Å². The molecule has 0 saturated carbocycles. The summed E-state index contributed by atoms with van der Waals surface area (Å²) < 4.78 is 10.4. The van der Waals surface area contributed by atoms with Gasteiger partial charge in [0.05, 0.1) is 0 Å². The van der Waals surface area contributed by atoms with Gasteiger partial charge in [0.25, 0.3) is 5.91 Å². The highest BCUT2D eigenvalue weighted by Crippen LogP contribution is 2.21. The zero-order valence-electron chi connectivity index (χ0n) is 13.7. The molecule has 2 aromatic rings. The molecule has 0 spiro atoms. The first-order valence-electron chi connectivity index (χ1n) is 7.60. The van der Waals surface area contributed by atoms with Crippen LogP contribution in [0.4, 0.5) is 0 Å². The van der Waals surface area contributed by atoms with Crippen LogP contribution in [0.25, 0.3) is 11.0 Å². The number of carboxylic acid groups (broad SMARTS) is 1. The van der Waals surface area contributed by atoms with Crippen LogP contribution in [0.2, 0.25) is 0 Å². The van der Waals surface area contributed by atoms with E-state index in [0.29, 0.717) is 5.39 Å². The molecule has 0 saturated heterocycles. The van der Waals surface area contributed by atoms with E-state index in [1.54, 1.807) is 12.1 Å². The third kappa shape index (κ3) is 3.92. The van der Waals surface area contributed by atoms with Crippen molar-refractivity contribution in [1.29, 1.82) is 0 Å². The summed E-state index contributed by atoms with van der Waals surface area (Å²) in [5, 5.41) is 12.1. The van der Waals surface area contributed by atoms with E-state index in [4.69, 9.17) is 14.3 Å². The van der Waals surface area contributed by atoms with Gasteiger partial charge in [0, 0.05) is 17.5 Å². The fraction of sp³-hybridized carbons (Fsp3) is 0.353. The van der Waals surface area contributed by atoms with Crippen LogP contribution in [-0.4, -0.2) is 29.1 Å². The van der Waals surface area contributed by atoms with Gasteiger partial charge in [-0.1, -0.05) is 6.92 Å². The maximum atomic E-state index is 12.1. The van der Waals surface area contributed by atoms with Crippen LogP contribution in [0.3, 0.4) is 0 Å². The van der Waals surface area contributed by atoms with Gasteiger partial charge in [-0.3, -0.25) is 4.79 Å². The summed E-state index contributed by atoms with van der Waals surface area (Å²) >= 11 is 0. The predicted molar refractivity (Wildman–Crippen MR) is 87.4 cm³/mol. The van der Waals surface area contributed by atoms with Gasteiger partial charge >= 0.3 is 11.6 Å². The molecule has 7 nitrogen and oxygen atoms in total. The first-order chi connectivity index (χ1) is 11.3. The monoisotopic (exact) mass is 333 g/mol. The SMILES string of the molecule is CCC(C)NC(=O)c1cc2ccc(OC(C)C(=O)O)cc2oc1=O. The highest BCUT2D eigenvalue weighted by Gasteiger charge is 2.17. The lowest BCUT2D eigenvalue weighted by Gasteiger charge is -2.12.